The molecule has 1 saturated heterocycles. The van der Waals surface area contributed by atoms with Crippen LogP contribution in [0, 0.1) is 6.92 Å². The topological polar surface area (TPSA) is 80.9 Å². The smallest absolute Gasteiger partial charge is 0.277 e. The molecule has 33 heavy (non-hydrogen) atoms. The molecule has 1 amide bonds. The van der Waals surface area contributed by atoms with Crippen molar-refractivity contribution in [2.45, 2.75) is 18.7 Å². The first-order valence-corrected chi connectivity index (χ1v) is 11.8. The second-order valence-electron chi connectivity index (χ2n) is 7.91. The molecule has 0 unspecified atom stereocenters. The number of aryl methyl sites for hydroxylation is 1. The molecule has 0 bridgehead atoms. The van der Waals surface area contributed by atoms with Crippen LogP contribution in [0.4, 0.5) is 0 Å². The van der Waals surface area contributed by atoms with Crippen molar-refractivity contribution in [3.63, 3.8) is 0 Å². The van der Waals surface area contributed by atoms with E-state index in [9.17, 15) is 4.79 Å². The van der Waals surface area contributed by atoms with Crippen molar-refractivity contribution in [1.82, 2.24) is 20.0 Å². The van der Waals surface area contributed by atoms with Crippen LogP contribution in [0.1, 0.15) is 11.1 Å². The predicted molar refractivity (Wildman–Crippen MR) is 127 cm³/mol. The zero-order valence-corrected chi connectivity index (χ0v) is 19.9. The van der Waals surface area contributed by atoms with Gasteiger partial charge in [-0.15, -0.1) is 10.2 Å². The zero-order valence-electron chi connectivity index (χ0n) is 19.1. The van der Waals surface area contributed by atoms with E-state index in [1.54, 1.807) is 32.4 Å². The minimum absolute atomic E-state index is 0.0815. The van der Waals surface area contributed by atoms with E-state index < -0.39 is 0 Å². The lowest BCUT2D eigenvalue weighted by atomic mass is 10.1. The Morgan fingerprint density at radius 1 is 1.03 bits per heavy atom. The van der Waals surface area contributed by atoms with Gasteiger partial charge in [0, 0.05) is 44.4 Å². The lowest BCUT2D eigenvalue weighted by Gasteiger charge is -2.34. The normalized spacial score (nSPS) is 14.3. The molecule has 3 aromatic rings. The minimum atomic E-state index is 0.0815. The molecular formula is C24H28N4O4S. The number of hydrogen-bond acceptors (Lipinski definition) is 8. The van der Waals surface area contributed by atoms with Crippen LogP contribution in [0.25, 0.3) is 11.5 Å². The Bertz CT molecular complexity index is 1070. The summed E-state index contributed by atoms with van der Waals surface area (Å²) in [5.74, 6) is 1.97. The number of nitrogens with zero attached hydrogens (tertiary/aromatic N) is 4. The van der Waals surface area contributed by atoms with Crippen LogP contribution in [0.5, 0.6) is 11.5 Å². The maximum atomic E-state index is 12.7. The number of thioether (sulfide) groups is 1. The van der Waals surface area contributed by atoms with Crippen LogP contribution in [0.15, 0.2) is 52.1 Å². The number of hydrogen-bond donors (Lipinski definition) is 0. The monoisotopic (exact) mass is 468 g/mol. The number of amides is 1. The highest BCUT2D eigenvalue weighted by Crippen LogP contribution is 2.30. The van der Waals surface area contributed by atoms with Crippen LogP contribution in [-0.2, 0) is 11.3 Å². The fourth-order valence-corrected chi connectivity index (χ4v) is 4.42. The molecule has 2 aromatic carbocycles. The number of piperazine rings is 1. The van der Waals surface area contributed by atoms with Gasteiger partial charge in [-0.05, 0) is 24.6 Å². The molecule has 174 valence electrons. The van der Waals surface area contributed by atoms with E-state index in [-0.39, 0.29) is 11.7 Å². The number of ether oxygens (including phenoxy) is 2. The number of rotatable bonds is 8. The van der Waals surface area contributed by atoms with Crippen LogP contribution in [-0.4, -0.2) is 72.1 Å². The molecule has 0 aliphatic carbocycles. The van der Waals surface area contributed by atoms with Crippen LogP contribution >= 0.6 is 11.8 Å². The number of methoxy groups -OCH3 is 2. The quantitative estimate of drug-likeness (QED) is 0.465. The van der Waals surface area contributed by atoms with Gasteiger partial charge in [-0.25, -0.2) is 0 Å². The molecule has 0 radical (unpaired) electrons. The summed E-state index contributed by atoms with van der Waals surface area (Å²) in [5, 5.41) is 8.54. The van der Waals surface area contributed by atoms with Gasteiger partial charge in [-0.3, -0.25) is 9.69 Å². The van der Waals surface area contributed by atoms with Crippen molar-refractivity contribution in [1.29, 1.82) is 0 Å². The summed E-state index contributed by atoms with van der Waals surface area (Å²) in [6.07, 6.45) is 0. The van der Waals surface area contributed by atoms with Gasteiger partial charge in [0.15, 0.2) is 0 Å². The summed E-state index contributed by atoms with van der Waals surface area (Å²) < 4.78 is 16.3. The largest absolute Gasteiger partial charge is 0.497 e. The Morgan fingerprint density at radius 2 is 1.76 bits per heavy atom. The Morgan fingerprint density at radius 3 is 2.42 bits per heavy atom. The second kappa shape index (κ2) is 10.7. The van der Waals surface area contributed by atoms with Gasteiger partial charge in [0.1, 0.15) is 11.5 Å². The first-order valence-electron chi connectivity index (χ1n) is 10.8. The highest BCUT2D eigenvalue weighted by molar-refractivity contribution is 7.99. The fraction of sp³-hybridized carbons (Fsp3) is 0.375. The molecule has 0 N–H and O–H groups in total. The minimum Gasteiger partial charge on any atom is -0.497 e. The average Bonchev–Trinajstić information content (AvgIpc) is 3.32. The molecule has 1 fully saturated rings. The van der Waals surface area contributed by atoms with Gasteiger partial charge in [0.25, 0.3) is 5.22 Å². The Balaban J connectivity index is 1.27. The van der Waals surface area contributed by atoms with E-state index in [2.05, 4.69) is 46.3 Å². The summed E-state index contributed by atoms with van der Waals surface area (Å²) >= 11 is 1.26. The van der Waals surface area contributed by atoms with Gasteiger partial charge in [0.05, 0.1) is 20.0 Å². The summed E-state index contributed by atoms with van der Waals surface area (Å²) in [6.45, 7) is 6.21. The molecule has 4 rings (SSSR count). The van der Waals surface area contributed by atoms with Crippen molar-refractivity contribution in [2.75, 3.05) is 46.2 Å². The zero-order chi connectivity index (χ0) is 23.2. The second-order valence-corrected chi connectivity index (χ2v) is 8.84. The molecule has 1 aliphatic heterocycles. The van der Waals surface area contributed by atoms with Crippen molar-refractivity contribution in [3.8, 4) is 23.0 Å². The Kier molecular flexibility index (Phi) is 7.51. The number of aromatic nitrogens is 2. The third-order valence-electron chi connectivity index (χ3n) is 5.54. The highest BCUT2D eigenvalue weighted by atomic mass is 32.2. The van der Waals surface area contributed by atoms with Crippen LogP contribution in [0.2, 0.25) is 0 Å². The van der Waals surface area contributed by atoms with Crippen LogP contribution in [0.3, 0.4) is 0 Å². The van der Waals surface area contributed by atoms with E-state index in [1.165, 1.54) is 22.9 Å². The molecule has 8 nitrogen and oxygen atoms in total. The van der Waals surface area contributed by atoms with E-state index in [0.29, 0.717) is 28.2 Å². The molecule has 0 saturated carbocycles. The molecule has 1 aliphatic rings. The SMILES string of the molecule is COc1cc(OC)cc(-c2nnc(SCC(=O)N3CCN(Cc4cccc(C)c4)CC3)o2)c1. The summed E-state index contributed by atoms with van der Waals surface area (Å²) in [5.41, 5.74) is 3.28. The lowest BCUT2D eigenvalue weighted by molar-refractivity contribution is -0.130. The third kappa shape index (κ3) is 6.06. The average molecular weight is 469 g/mol. The van der Waals surface area contributed by atoms with Gasteiger partial charge in [-0.2, -0.15) is 0 Å². The van der Waals surface area contributed by atoms with Crippen molar-refractivity contribution in [3.05, 3.63) is 53.6 Å². The van der Waals surface area contributed by atoms with Crippen molar-refractivity contribution in [2.24, 2.45) is 0 Å². The number of carbonyl (C=O) groups is 1. The maximum absolute atomic E-state index is 12.7. The Hall–Kier alpha value is -3.04. The highest BCUT2D eigenvalue weighted by Gasteiger charge is 2.22. The molecule has 2 heterocycles. The number of carbonyl (C=O) groups excluding carboxylic acids is 1. The van der Waals surface area contributed by atoms with E-state index >= 15 is 0 Å². The summed E-state index contributed by atoms with van der Waals surface area (Å²) in [7, 11) is 3.17. The number of benzene rings is 2. The van der Waals surface area contributed by atoms with E-state index in [4.69, 9.17) is 13.9 Å². The van der Waals surface area contributed by atoms with Gasteiger partial charge in [-0.1, -0.05) is 41.6 Å². The molecular weight excluding hydrogens is 440 g/mol. The van der Waals surface area contributed by atoms with Gasteiger partial charge >= 0.3 is 0 Å². The van der Waals surface area contributed by atoms with E-state index in [0.717, 1.165) is 32.7 Å². The molecule has 0 atom stereocenters. The molecule has 0 spiro atoms. The maximum Gasteiger partial charge on any atom is 0.277 e. The molecule has 1 aromatic heterocycles. The van der Waals surface area contributed by atoms with Crippen LogP contribution < -0.4 is 9.47 Å². The van der Waals surface area contributed by atoms with Crippen molar-refractivity contribution < 1.29 is 18.7 Å². The standard InChI is InChI=1S/C24H28N4O4S/c1-17-5-4-6-18(11-17)15-27-7-9-28(10-8-27)22(29)16-33-24-26-25-23(32-24)19-12-20(30-2)14-21(13-19)31-3/h4-6,11-14H,7-10,15-16H2,1-3H3. The summed E-state index contributed by atoms with van der Waals surface area (Å²) in [4.78, 5) is 17.0. The van der Waals surface area contributed by atoms with Gasteiger partial charge in [0.2, 0.25) is 11.8 Å². The fourth-order valence-electron chi connectivity index (χ4n) is 3.75. The first kappa shape index (κ1) is 23.1. The predicted octanol–water partition coefficient (Wildman–Crippen LogP) is 3.50. The van der Waals surface area contributed by atoms with Crippen molar-refractivity contribution >= 4 is 17.7 Å². The summed E-state index contributed by atoms with van der Waals surface area (Å²) in [6, 6.07) is 13.9. The lowest BCUT2D eigenvalue weighted by Crippen LogP contribution is -2.48. The third-order valence-corrected chi connectivity index (χ3v) is 6.34. The van der Waals surface area contributed by atoms with E-state index in [1.807, 2.05) is 4.90 Å². The van der Waals surface area contributed by atoms with Gasteiger partial charge < -0.3 is 18.8 Å². The Labute approximate surface area is 197 Å². The molecule has 9 heteroatoms. The first-order chi connectivity index (χ1) is 16.0.